The van der Waals surface area contributed by atoms with Gasteiger partial charge in [-0.25, -0.2) is 9.50 Å². The van der Waals surface area contributed by atoms with Crippen LogP contribution in [-0.2, 0) is 6.42 Å². The summed E-state index contributed by atoms with van der Waals surface area (Å²) in [6, 6.07) is 12.5. The highest BCUT2D eigenvalue weighted by atomic mass is 16.2. The lowest BCUT2D eigenvalue weighted by atomic mass is 10.1. The predicted molar refractivity (Wildman–Crippen MR) is 105 cm³/mol. The van der Waals surface area contributed by atoms with Crippen LogP contribution in [0.5, 0.6) is 0 Å². The Hall–Kier alpha value is -2.73. The van der Waals surface area contributed by atoms with Gasteiger partial charge in [-0.15, -0.1) is 0 Å². The summed E-state index contributed by atoms with van der Waals surface area (Å²) in [5.74, 6) is 0.0535. The van der Waals surface area contributed by atoms with E-state index < -0.39 is 0 Å². The molecule has 0 N–H and O–H groups in total. The molecule has 3 aromatic rings. The van der Waals surface area contributed by atoms with Crippen molar-refractivity contribution in [3.63, 3.8) is 0 Å². The van der Waals surface area contributed by atoms with Crippen molar-refractivity contribution < 1.29 is 4.79 Å². The molecule has 4 rings (SSSR count). The lowest BCUT2D eigenvalue weighted by Crippen LogP contribution is -2.49. The molecule has 0 unspecified atom stereocenters. The largest absolute Gasteiger partial charge is 0.336 e. The van der Waals surface area contributed by atoms with E-state index in [-0.39, 0.29) is 5.91 Å². The molecule has 6 heteroatoms. The van der Waals surface area contributed by atoms with Crippen molar-refractivity contribution in [2.24, 2.45) is 0 Å². The van der Waals surface area contributed by atoms with E-state index >= 15 is 0 Å². The SMILES string of the molecule is Cc1cc2ncc(C(=O)N3CCN(CCc4ccccc4)CC3)c(C)n2n1. The Kier molecular flexibility index (Phi) is 4.90. The fourth-order valence-electron chi connectivity index (χ4n) is 3.65. The quantitative estimate of drug-likeness (QED) is 0.714. The first-order valence-electron chi connectivity index (χ1n) is 9.49. The molecule has 1 aliphatic heterocycles. The number of amides is 1. The van der Waals surface area contributed by atoms with Gasteiger partial charge in [-0.05, 0) is 25.8 Å². The molecular formula is C21H25N5O. The molecule has 27 heavy (non-hydrogen) atoms. The van der Waals surface area contributed by atoms with E-state index in [1.807, 2.05) is 30.9 Å². The lowest BCUT2D eigenvalue weighted by Gasteiger charge is -2.35. The van der Waals surface area contributed by atoms with Crippen LogP contribution in [0.1, 0.15) is 27.3 Å². The lowest BCUT2D eigenvalue weighted by molar-refractivity contribution is 0.0636. The average Bonchev–Trinajstić information content (AvgIpc) is 3.09. The fraction of sp³-hybridized carbons (Fsp3) is 0.381. The van der Waals surface area contributed by atoms with E-state index in [0.717, 1.165) is 56.2 Å². The van der Waals surface area contributed by atoms with Gasteiger partial charge in [0.15, 0.2) is 5.65 Å². The summed E-state index contributed by atoms with van der Waals surface area (Å²) in [7, 11) is 0. The molecule has 6 nitrogen and oxygen atoms in total. The number of fused-ring (bicyclic) bond motifs is 1. The Morgan fingerprint density at radius 2 is 1.81 bits per heavy atom. The second-order valence-corrected chi connectivity index (χ2v) is 7.18. The highest BCUT2D eigenvalue weighted by Crippen LogP contribution is 2.15. The van der Waals surface area contributed by atoms with Gasteiger partial charge in [0.05, 0.1) is 17.0 Å². The molecule has 1 fully saturated rings. The predicted octanol–water partition coefficient (Wildman–Crippen LogP) is 2.35. The number of aryl methyl sites for hydroxylation is 2. The number of aromatic nitrogens is 3. The molecule has 1 saturated heterocycles. The molecule has 0 radical (unpaired) electrons. The summed E-state index contributed by atoms with van der Waals surface area (Å²) in [4.78, 5) is 21.8. The van der Waals surface area contributed by atoms with Crippen LogP contribution in [0, 0.1) is 13.8 Å². The maximum absolute atomic E-state index is 13.0. The zero-order valence-electron chi connectivity index (χ0n) is 15.9. The van der Waals surface area contributed by atoms with Gasteiger partial charge in [0, 0.05) is 45.0 Å². The van der Waals surface area contributed by atoms with Crippen LogP contribution >= 0.6 is 0 Å². The summed E-state index contributed by atoms with van der Waals surface area (Å²) in [6.07, 6.45) is 2.74. The van der Waals surface area contributed by atoms with E-state index in [4.69, 9.17) is 0 Å². The standard InChI is InChI=1S/C21H25N5O/c1-16-14-20-22-15-19(17(2)26(20)23-16)21(27)25-12-10-24(11-13-25)9-8-18-6-4-3-5-7-18/h3-7,14-15H,8-13H2,1-2H3. The van der Waals surface area contributed by atoms with Gasteiger partial charge in [-0.1, -0.05) is 30.3 Å². The third kappa shape index (κ3) is 3.71. The van der Waals surface area contributed by atoms with Crippen molar-refractivity contribution in [3.8, 4) is 0 Å². The molecule has 140 valence electrons. The van der Waals surface area contributed by atoms with Crippen LogP contribution in [0.2, 0.25) is 0 Å². The van der Waals surface area contributed by atoms with Crippen molar-refractivity contribution in [3.05, 3.63) is 65.1 Å². The number of hydrogen-bond acceptors (Lipinski definition) is 4. The average molecular weight is 363 g/mol. The summed E-state index contributed by atoms with van der Waals surface area (Å²) in [5.41, 5.74) is 4.54. The minimum absolute atomic E-state index is 0.0535. The normalized spacial score (nSPS) is 15.4. The maximum atomic E-state index is 13.0. The highest BCUT2D eigenvalue weighted by Gasteiger charge is 2.24. The monoisotopic (exact) mass is 363 g/mol. The van der Waals surface area contributed by atoms with Gasteiger partial charge in [0.25, 0.3) is 5.91 Å². The fourth-order valence-corrected chi connectivity index (χ4v) is 3.65. The smallest absolute Gasteiger partial charge is 0.257 e. The van der Waals surface area contributed by atoms with Crippen molar-refractivity contribution in [2.75, 3.05) is 32.7 Å². The van der Waals surface area contributed by atoms with Crippen LogP contribution in [0.4, 0.5) is 0 Å². The summed E-state index contributed by atoms with van der Waals surface area (Å²) < 4.78 is 1.76. The summed E-state index contributed by atoms with van der Waals surface area (Å²) >= 11 is 0. The van der Waals surface area contributed by atoms with Gasteiger partial charge in [-0.3, -0.25) is 9.69 Å². The van der Waals surface area contributed by atoms with Crippen molar-refractivity contribution in [1.82, 2.24) is 24.4 Å². The van der Waals surface area contributed by atoms with Gasteiger partial charge in [0.2, 0.25) is 0 Å². The van der Waals surface area contributed by atoms with E-state index in [9.17, 15) is 4.79 Å². The topological polar surface area (TPSA) is 53.7 Å². The van der Waals surface area contributed by atoms with Crippen LogP contribution in [-0.4, -0.2) is 63.0 Å². The first-order valence-corrected chi connectivity index (χ1v) is 9.49. The van der Waals surface area contributed by atoms with Gasteiger partial charge in [-0.2, -0.15) is 5.10 Å². The first kappa shape index (κ1) is 17.7. The van der Waals surface area contributed by atoms with E-state index in [2.05, 4.69) is 39.2 Å². The number of carbonyl (C=O) groups is 1. The Morgan fingerprint density at radius 3 is 2.56 bits per heavy atom. The number of benzene rings is 1. The minimum Gasteiger partial charge on any atom is -0.336 e. The molecule has 2 aromatic heterocycles. The molecule has 1 amide bonds. The second kappa shape index (κ2) is 7.48. The zero-order chi connectivity index (χ0) is 18.8. The molecule has 0 saturated carbocycles. The van der Waals surface area contributed by atoms with Crippen molar-refractivity contribution in [1.29, 1.82) is 0 Å². The first-order chi connectivity index (χ1) is 13.1. The van der Waals surface area contributed by atoms with Crippen molar-refractivity contribution >= 4 is 11.6 Å². The van der Waals surface area contributed by atoms with Crippen LogP contribution in [0.15, 0.2) is 42.6 Å². The molecule has 0 atom stereocenters. The third-order valence-corrected chi connectivity index (χ3v) is 5.30. The molecule has 1 aliphatic rings. The molecule has 0 spiro atoms. The molecule has 0 bridgehead atoms. The second-order valence-electron chi connectivity index (χ2n) is 7.18. The Morgan fingerprint density at radius 1 is 1.07 bits per heavy atom. The Bertz CT molecular complexity index is 942. The van der Waals surface area contributed by atoms with Crippen LogP contribution in [0.25, 0.3) is 5.65 Å². The number of nitrogens with zero attached hydrogens (tertiary/aromatic N) is 5. The van der Waals surface area contributed by atoms with Crippen LogP contribution < -0.4 is 0 Å². The minimum atomic E-state index is 0.0535. The highest BCUT2D eigenvalue weighted by molar-refractivity contribution is 5.95. The summed E-state index contributed by atoms with van der Waals surface area (Å²) in [6.45, 7) is 8.23. The van der Waals surface area contributed by atoms with Gasteiger partial charge >= 0.3 is 0 Å². The number of piperazine rings is 1. The molecule has 1 aromatic carbocycles. The maximum Gasteiger partial charge on any atom is 0.257 e. The van der Waals surface area contributed by atoms with E-state index in [0.29, 0.717) is 5.56 Å². The number of hydrogen-bond donors (Lipinski definition) is 0. The van der Waals surface area contributed by atoms with E-state index in [1.54, 1.807) is 10.7 Å². The summed E-state index contributed by atoms with van der Waals surface area (Å²) in [5, 5.41) is 4.44. The van der Waals surface area contributed by atoms with Gasteiger partial charge < -0.3 is 4.90 Å². The zero-order valence-corrected chi connectivity index (χ0v) is 15.9. The third-order valence-electron chi connectivity index (χ3n) is 5.30. The van der Waals surface area contributed by atoms with Gasteiger partial charge in [0.1, 0.15) is 0 Å². The molecular weight excluding hydrogens is 338 g/mol. The number of carbonyl (C=O) groups excluding carboxylic acids is 1. The van der Waals surface area contributed by atoms with Crippen molar-refractivity contribution in [2.45, 2.75) is 20.3 Å². The molecule has 3 heterocycles. The Balaban J connectivity index is 1.38. The Labute approximate surface area is 159 Å². The van der Waals surface area contributed by atoms with Crippen LogP contribution in [0.3, 0.4) is 0 Å². The number of rotatable bonds is 4. The molecule has 0 aliphatic carbocycles. The van der Waals surface area contributed by atoms with E-state index in [1.165, 1.54) is 5.56 Å².